The first-order chi connectivity index (χ1) is 8.56. The molecule has 2 heterocycles. The summed E-state index contributed by atoms with van der Waals surface area (Å²) in [5.74, 6) is 0.232. The smallest absolute Gasteiger partial charge is 0.277 e. The average Bonchev–Trinajstić information content (AvgIpc) is 2.35. The standard InChI is InChI=1S/C12H11ClN4O/c1-7-2-5-10(15-6-7)17-12(18)11-8(13)3-4-9(14)16-11/h2-6H,1H3,(H2,14,16)(H,15,17,18). The zero-order chi connectivity index (χ0) is 13.1. The van der Waals surface area contributed by atoms with Crippen molar-refractivity contribution in [1.82, 2.24) is 9.97 Å². The monoisotopic (exact) mass is 262 g/mol. The highest BCUT2D eigenvalue weighted by Gasteiger charge is 2.13. The van der Waals surface area contributed by atoms with Gasteiger partial charge in [0.2, 0.25) is 0 Å². The van der Waals surface area contributed by atoms with E-state index in [0.29, 0.717) is 5.82 Å². The highest BCUT2D eigenvalue weighted by molar-refractivity contribution is 6.34. The molecule has 6 heteroatoms. The van der Waals surface area contributed by atoms with Crippen molar-refractivity contribution in [2.75, 3.05) is 11.1 Å². The molecule has 0 atom stereocenters. The zero-order valence-corrected chi connectivity index (χ0v) is 10.4. The summed E-state index contributed by atoms with van der Waals surface area (Å²) < 4.78 is 0. The number of rotatable bonds is 2. The van der Waals surface area contributed by atoms with Crippen LogP contribution in [0.1, 0.15) is 16.1 Å². The fourth-order valence-corrected chi connectivity index (χ4v) is 1.52. The van der Waals surface area contributed by atoms with E-state index < -0.39 is 5.91 Å². The predicted molar refractivity (Wildman–Crippen MR) is 70.6 cm³/mol. The van der Waals surface area contributed by atoms with Crippen molar-refractivity contribution in [2.24, 2.45) is 0 Å². The molecular formula is C12H11ClN4O. The minimum absolute atomic E-state index is 0.0824. The molecule has 5 nitrogen and oxygen atoms in total. The summed E-state index contributed by atoms with van der Waals surface area (Å²) in [6.07, 6.45) is 1.66. The molecule has 0 bridgehead atoms. The number of carbonyl (C=O) groups excluding carboxylic acids is 1. The van der Waals surface area contributed by atoms with Gasteiger partial charge in [0, 0.05) is 6.20 Å². The number of hydrogen-bond donors (Lipinski definition) is 2. The van der Waals surface area contributed by atoms with Crippen LogP contribution >= 0.6 is 11.6 Å². The highest BCUT2D eigenvalue weighted by atomic mass is 35.5. The van der Waals surface area contributed by atoms with Gasteiger partial charge in [-0.1, -0.05) is 17.7 Å². The van der Waals surface area contributed by atoms with E-state index in [-0.39, 0.29) is 16.5 Å². The van der Waals surface area contributed by atoms with E-state index in [9.17, 15) is 4.79 Å². The zero-order valence-electron chi connectivity index (χ0n) is 9.64. The third-order valence-corrected chi connectivity index (χ3v) is 2.54. The summed E-state index contributed by atoms with van der Waals surface area (Å²) in [7, 11) is 0. The van der Waals surface area contributed by atoms with Gasteiger partial charge < -0.3 is 11.1 Å². The van der Waals surface area contributed by atoms with Crippen molar-refractivity contribution < 1.29 is 4.79 Å². The maximum atomic E-state index is 11.9. The van der Waals surface area contributed by atoms with E-state index in [1.807, 2.05) is 13.0 Å². The molecule has 3 N–H and O–H groups in total. The van der Waals surface area contributed by atoms with Crippen LogP contribution in [0, 0.1) is 6.92 Å². The van der Waals surface area contributed by atoms with Crippen LogP contribution in [0.2, 0.25) is 5.02 Å². The number of pyridine rings is 2. The van der Waals surface area contributed by atoms with E-state index >= 15 is 0 Å². The Hall–Kier alpha value is -2.14. The van der Waals surface area contributed by atoms with Gasteiger partial charge in [0.05, 0.1) is 5.02 Å². The van der Waals surface area contributed by atoms with E-state index in [1.54, 1.807) is 12.3 Å². The molecule has 0 radical (unpaired) electrons. The fourth-order valence-electron chi connectivity index (χ4n) is 1.33. The number of nitrogen functional groups attached to an aromatic ring is 1. The predicted octanol–water partition coefficient (Wildman–Crippen LogP) is 2.27. The second-order valence-corrected chi connectivity index (χ2v) is 4.15. The number of aryl methyl sites for hydroxylation is 1. The fraction of sp³-hybridized carbons (Fsp3) is 0.0833. The molecule has 0 saturated carbocycles. The van der Waals surface area contributed by atoms with Gasteiger partial charge in [-0.05, 0) is 30.7 Å². The first-order valence-electron chi connectivity index (χ1n) is 5.22. The minimum atomic E-state index is -0.441. The summed E-state index contributed by atoms with van der Waals surface area (Å²) in [6, 6.07) is 6.61. The normalized spacial score (nSPS) is 10.1. The Kier molecular flexibility index (Phi) is 3.43. The molecular weight excluding hydrogens is 252 g/mol. The summed E-state index contributed by atoms with van der Waals surface area (Å²) in [6.45, 7) is 1.91. The quantitative estimate of drug-likeness (QED) is 0.870. The molecule has 92 valence electrons. The Morgan fingerprint density at radius 3 is 2.78 bits per heavy atom. The van der Waals surface area contributed by atoms with Gasteiger partial charge in [-0.3, -0.25) is 4.79 Å². The van der Waals surface area contributed by atoms with Crippen molar-refractivity contribution >= 4 is 29.1 Å². The maximum absolute atomic E-state index is 11.9. The van der Waals surface area contributed by atoms with Crippen molar-refractivity contribution in [1.29, 1.82) is 0 Å². The number of anilines is 2. The summed E-state index contributed by atoms with van der Waals surface area (Å²) >= 11 is 5.88. The van der Waals surface area contributed by atoms with Gasteiger partial charge in [0.15, 0.2) is 0 Å². The number of carbonyl (C=O) groups is 1. The lowest BCUT2D eigenvalue weighted by molar-refractivity contribution is 0.102. The second-order valence-electron chi connectivity index (χ2n) is 3.74. The number of halogens is 1. The van der Waals surface area contributed by atoms with Crippen molar-refractivity contribution in [3.8, 4) is 0 Å². The van der Waals surface area contributed by atoms with E-state index in [0.717, 1.165) is 5.56 Å². The summed E-state index contributed by atoms with van der Waals surface area (Å²) in [5.41, 5.74) is 6.60. The average molecular weight is 263 g/mol. The third kappa shape index (κ3) is 2.75. The highest BCUT2D eigenvalue weighted by Crippen LogP contribution is 2.16. The SMILES string of the molecule is Cc1ccc(NC(=O)c2nc(N)ccc2Cl)nc1. The largest absolute Gasteiger partial charge is 0.384 e. The summed E-state index contributed by atoms with van der Waals surface area (Å²) in [4.78, 5) is 19.9. The van der Waals surface area contributed by atoms with Gasteiger partial charge in [-0.25, -0.2) is 9.97 Å². The van der Waals surface area contributed by atoms with Gasteiger partial charge in [0.1, 0.15) is 17.3 Å². The Morgan fingerprint density at radius 2 is 2.11 bits per heavy atom. The minimum Gasteiger partial charge on any atom is -0.384 e. The number of nitrogens with one attached hydrogen (secondary N) is 1. The third-order valence-electron chi connectivity index (χ3n) is 2.24. The van der Waals surface area contributed by atoms with Crippen LogP contribution in [0.15, 0.2) is 30.5 Å². The lowest BCUT2D eigenvalue weighted by Gasteiger charge is -2.06. The molecule has 0 aliphatic rings. The Labute approximate surface area is 109 Å². The van der Waals surface area contributed by atoms with E-state index in [1.165, 1.54) is 12.1 Å². The molecule has 0 aromatic carbocycles. The topological polar surface area (TPSA) is 80.9 Å². The van der Waals surface area contributed by atoms with Gasteiger partial charge in [-0.2, -0.15) is 0 Å². The number of aromatic nitrogens is 2. The van der Waals surface area contributed by atoms with Crippen LogP contribution in [0.3, 0.4) is 0 Å². The van der Waals surface area contributed by atoms with Crippen molar-refractivity contribution in [2.45, 2.75) is 6.92 Å². The molecule has 2 rings (SSSR count). The van der Waals surface area contributed by atoms with Crippen LogP contribution in [0.4, 0.5) is 11.6 Å². The molecule has 18 heavy (non-hydrogen) atoms. The van der Waals surface area contributed by atoms with Gasteiger partial charge >= 0.3 is 0 Å². The molecule has 2 aromatic rings. The molecule has 0 saturated heterocycles. The first kappa shape index (κ1) is 12.3. The lowest BCUT2D eigenvalue weighted by atomic mass is 10.3. The Morgan fingerprint density at radius 1 is 1.33 bits per heavy atom. The first-order valence-corrected chi connectivity index (χ1v) is 5.60. The van der Waals surface area contributed by atoms with Crippen LogP contribution in [-0.2, 0) is 0 Å². The van der Waals surface area contributed by atoms with Crippen molar-refractivity contribution in [3.63, 3.8) is 0 Å². The van der Waals surface area contributed by atoms with Crippen LogP contribution in [0.25, 0.3) is 0 Å². The number of hydrogen-bond acceptors (Lipinski definition) is 4. The lowest BCUT2D eigenvalue weighted by Crippen LogP contribution is -2.15. The van der Waals surface area contributed by atoms with Crippen LogP contribution < -0.4 is 11.1 Å². The molecule has 0 aliphatic heterocycles. The van der Waals surface area contributed by atoms with E-state index in [4.69, 9.17) is 17.3 Å². The van der Waals surface area contributed by atoms with Gasteiger partial charge in [-0.15, -0.1) is 0 Å². The second kappa shape index (κ2) is 5.01. The molecule has 0 fully saturated rings. The Bertz CT molecular complexity index is 583. The number of nitrogens with zero attached hydrogens (tertiary/aromatic N) is 2. The molecule has 1 amide bonds. The molecule has 0 aliphatic carbocycles. The molecule has 0 unspecified atom stereocenters. The molecule has 0 spiro atoms. The number of nitrogens with two attached hydrogens (primary N) is 1. The van der Waals surface area contributed by atoms with Gasteiger partial charge in [0.25, 0.3) is 5.91 Å². The van der Waals surface area contributed by atoms with Crippen LogP contribution in [-0.4, -0.2) is 15.9 Å². The van der Waals surface area contributed by atoms with E-state index in [2.05, 4.69) is 15.3 Å². The molecule has 2 aromatic heterocycles. The summed E-state index contributed by atoms with van der Waals surface area (Å²) in [5, 5.41) is 2.85. The Balaban J connectivity index is 2.21. The van der Waals surface area contributed by atoms with Crippen LogP contribution in [0.5, 0.6) is 0 Å². The number of amides is 1. The maximum Gasteiger partial charge on any atom is 0.277 e. The van der Waals surface area contributed by atoms with Crippen molar-refractivity contribution in [3.05, 3.63) is 46.7 Å².